The fourth-order valence-electron chi connectivity index (χ4n) is 2.50. The Morgan fingerprint density at radius 3 is 2.77 bits per heavy atom. The summed E-state index contributed by atoms with van der Waals surface area (Å²) in [5.41, 5.74) is 7.97. The van der Waals surface area contributed by atoms with E-state index < -0.39 is 5.91 Å². The molecular weight excluding hydrogens is 350 g/mol. The number of carbonyl (C=O) groups is 2. The maximum atomic E-state index is 12.4. The smallest absolute Gasteiger partial charge is 0.276 e. The highest BCUT2D eigenvalue weighted by atomic mass is 32.1. The molecule has 4 rings (SSSR count). The van der Waals surface area contributed by atoms with Crippen LogP contribution < -0.4 is 11.1 Å². The summed E-state index contributed by atoms with van der Waals surface area (Å²) in [6, 6.07) is 12.7. The summed E-state index contributed by atoms with van der Waals surface area (Å²) >= 11 is 1.29. The second kappa shape index (κ2) is 6.41. The number of hydrogen-bond donors (Lipinski definition) is 3. The van der Waals surface area contributed by atoms with Gasteiger partial charge in [-0.05, 0) is 18.2 Å². The molecule has 4 N–H and O–H groups in total. The molecule has 0 unspecified atom stereocenters. The summed E-state index contributed by atoms with van der Waals surface area (Å²) in [5.74, 6) is -0.870. The van der Waals surface area contributed by atoms with Gasteiger partial charge in [0.2, 0.25) is 0 Å². The topological polar surface area (TPSA) is 114 Å². The number of anilines is 1. The van der Waals surface area contributed by atoms with Gasteiger partial charge in [0.05, 0.1) is 11.2 Å². The van der Waals surface area contributed by atoms with E-state index in [-0.39, 0.29) is 5.91 Å². The van der Waals surface area contributed by atoms with Gasteiger partial charge < -0.3 is 10.7 Å². The van der Waals surface area contributed by atoms with Crippen molar-refractivity contribution in [3.63, 3.8) is 0 Å². The number of primary amides is 1. The SMILES string of the molecule is NC(=O)c1cc(-c2csc(NC(=O)c3ccc4ccccc4n3)n2)c[nH]1. The molecule has 0 radical (unpaired) electrons. The molecule has 0 saturated carbocycles. The van der Waals surface area contributed by atoms with Crippen LogP contribution in [-0.2, 0) is 0 Å². The number of hydrogen-bond acceptors (Lipinski definition) is 5. The van der Waals surface area contributed by atoms with Crippen molar-refractivity contribution in [3.05, 3.63) is 65.4 Å². The van der Waals surface area contributed by atoms with Crippen LogP contribution in [0.2, 0.25) is 0 Å². The molecule has 0 aliphatic rings. The zero-order chi connectivity index (χ0) is 18.1. The average Bonchev–Trinajstić information content (AvgIpc) is 3.30. The van der Waals surface area contributed by atoms with Gasteiger partial charge >= 0.3 is 0 Å². The Labute approximate surface area is 151 Å². The number of para-hydroxylation sites is 1. The zero-order valence-electron chi connectivity index (χ0n) is 13.4. The summed E-state index contributed by atoms with van der Waals surface area (Å²) in [4.78, 5) is 35.1. The Kier molecular flexibility index (Phi) is 3.94. The molecule has 2 amide bonds. The number of amides is 2. The normalized spacial score (nSPS) is 10.8. The fourth-order valence-corrected chi connectivity index (χ4v) is 3.22. The minimum atomic E-state index is -0.539. The molecule has 7 nitrogen and oxygen atoms in total. The quantitative estimate of drug-likeness (QED) is 0.517. The Morgan fingerprint density at radius 2 is 1.96 bits per heavy atom. The fraction of sp³-hybridized carbons (Fsp3) is 0. The predicted octanol–water partition coefficient (Wildman–Crippen LogP) is 3.04. The van der Waals surface area contributed by atoms with Gasteiger partial charge in [-0.15, -0.1) is 11.3 Å². The monoisotopic (exact) mass is 363 g/mol. The van der Waals surface area contributed by atoms with Crippen molar-refractivity contribution in [2.75, 3.05) is 5.32 Å². The molecule has 3 aromatic heterocycles. The summed E-state index contributed by atoms with van der Waals surface area (Å²) in [5, 5.41) is 5.95. The van der Waals surface area contributed by atoms with E-state index in [4.69, 9.17) is 5.73 Å². The van der Waals surface area contributed by atoms with E-state index in [1.54, 1.807) is 23.7 Å². The van der Waals surface area contributed by atoms with Crippen molar-refractivity contribution >= 4 is 39.2 Å². The Morgan fingerprint density at radius 1 is 1.12 bits per heavy atom. The molecule has 0 aliphatic heterocycles. The van der Waals surface area contributed by atoms with Gasteiger partial charge in [-0.3, -0.25) is 14.9 Å². The van der Waals surface area contributed by atoms with Gasteiger partial charge in [0.1, 0.15) is 11.4 Å². The van der Waals surface area contributed by atoms with E-state index in [9.17, 15) is 9.59 Å². The predicted molar refractivity (Wildman–Crippen MR) is 100 cm³/mol. The van der Waals surface area contributed by atoms with Crippen molar-refractivity contribution in [3.8, 4) is 11.3 Å². The molecule has 4 aromatic rings. The number of pyridine rings is 1. The third kappa shape index (κ3) is 3.05. The molecule has 0 bridgehead atoms. The third-order valence-electron chi connectivity index (χ3n) is 3.80. The number of H-pyrrole nitrogens is 1. The summed E-state index contributed by atoms with van der Waals surface area (Å²) in [6.45, 7) is 0. The number of benzene rings is 1. The molecule has 1 aromatic carbocycles. The van der Waals surface area contributed by atoms with Crippen molar-refractivity contribution in [1.82, 2.24) is 15.0 Å². The standard InChI is InChI=1S/C18H13N5O2S/c19-16(24)14-7-11(8-20-14)15-9-26-18(22-15)23-17(25)13-6-5-10-3-1-2-4-12(10)21-13/h1-9,20H,(H2,19,24)(H,22,23,25). The third-order valence-corrected chi connectivity index (χ3v) is 4.56. The van der Waals surface area contributed by atoms with E-state index in [0.717, 1.165) is 16.5 Å². The van der Waals surface area contributed by atoms with Crippen LogP contribution in [-0.4, -0.2) is 26.8 Å². The lowest BCUT2D eigenvalue weighted by Gasteiger charge is -2.02. The summed E-state index contributed by atoms with van der Waals surface area (Å²) in [6.07, 6.45) is 1.64. The maximum Gasteiger partial charge on any atom is 0.276 e. The first-order chi connectivity index (χ1) is 12.6. The van der Waals surface area contributed by atoms with Crippen molar-refractivity contribution in [1.29, 1.82) is 0 Å². The van der Waals surface area contributed by atoms with Crippen LogP contribution in [0.1, 0.15) is 21.0 Å². The number of rotatable bonds is 4. The molecule has 0 atom stereocenters. The van der Waals surface area contributed by atoms with E-state index in [1.807, 2.05) is 30.3 Å². The number of thiazole rings is 1. The first-order valence-corrected chi connectivity index (χ1v) is 8.59. The van der Waals surface area contributed by atoms with Gasteiger partial charge in [0, 0.05) is 22.5 Å². The number of nitrogens with one attached hydrogen (secondary N) is 2. The minimum Gasteiger partial charge on any atom is -0.364 e. The second-order valence-electron chi connectivity index (χ2n) is 5.55. The van der Waals surface area contributed by atoms with E-state index in [2.05, 4.69) is 20.3 Å². The number of nitrogens with two attached hydrogens (primary N) is 1. The van der Waals surface area contributed by atoms with Gasteiger partial charge in [0.25, 0.3) is 11.8 Å². The van der Waals surface area contributed by atoms with Crippen molar-refractivity contribution < 1.29 is 9.59 Å². The molecule has 0 saturated heterocycles. The number of aromatic amines is 1. The molecule has 0 spiro atoms. The minimum absolute atomic E-state index is 0.305. The van der Waals surface area contributed by atoms with Crippen molar-refractivity contribution in [2.24, 2.45) is 5.73 Å². The number of aromatic nitrogens is 3. The number of fused-ring (bicyclic) bond motifs is 1. The number of carbonyl (C=O) groups excluding carboxylic acids is 2. The van der Waals surface area contributed by atoms with Crippen LogP contribution >= 0.6 is 11.3 Å². The highest BCUT2D eigenvalue weighted by molar-refractivity contribution is 7.14. The van der Waals surface area contributed by atoms with Crippen molar-refractivity contribution in [2.45, 2.75) is 0 Å². The largest absolute Gasteiger partial charge is 0.364 e. The van der Waals surface area contributed by atoms with E-state index >= 15 is 0 Å². The molecule has 3 heterocycles. The molecular formula is C18H13N5O2S. The van der Waals surface area contributed by atoms with Crippen LogP contribution in [0.5, 0.6) is 0 Å². The Hall–Kier alpha value is -3.52. The highest BCUT2D eigenvalue weighted by Crippen LogP contribution is 2.25. The average molecular weight is 363 g/mol. The Bertz CT molecular complexity index is 1130. The second-order valence-corrected chi connectivity index (χ2v) is 6.41. The van der Waals surface area contributed by atoms with Crippen LogP contribution in [0.3, 0.4) is 0 Å². The molecule has 0 fully saturated rings. The molecule has 0 aliphatic carbocycles. The maximum absolute atomic E-state index is 12.4. The van der Waals surface area contributed by atoms with E-state index in [0.29, 0.717) is 22.2 Å². The highest BCUT2D eigenvalue weighted by Gasteiger charge is 2.13. The van der Waals surface area contributed by atoms with Gasteiger partial charge in [-0.2, -0.15) is 0 Å². The first kappa shape index (κ1) is 16.0. The summed E-state index contributed by atoms with van der Waals surface area (Å²) in [7, 11) is 0. The molecule has 26 heavy (non-hydrogen) atoms. The lowest BCUT2D eigenvalue weighted by Crippen LogP contribution is -2.13. The van der Waals surface area contributed by atoms with Crippen LogP contribution in [0.4, 0.5) is 5.13 Å². The zero-order valence-corrected chi connectivity index (χ0v) is 14.2. The van der Waals surface area contributed by atoms with Gasteiger partial charge in [-0.25, -0.2) is 9.97 Å². The lowest BCUT2D eigenvalue weighted by molar-refractivity contribution is 0.0993. The molecule has 128 valence electrons. The molecule has 8 heteroatoms. The first-order valence-electron chi connectivity index (χ1n) is 7.71. The van der Waals surface area contributed by atoms with Crippen LogP contribution in [0.25, 0.3) is 22.2 Å². The lowest BCUT2D eigenvalue weighted by atomic mass is 10.2. The summed E-state index contributed by atoms with van der Waals surface area (Å²) < 4.78 is 0. The van der Waals surface area contributed by atoms with E-state index in [1.165, 1.54) is 11.3 Å². The van der Waals surface area contributed by atoms with Gasteiger partial charge in [0.15, 0.2) is 5.13 Å². The van der Waals surface area contributed by atoms with Crippen LogP contribution in [0, 0.1) is 0 Å². The van der Waals surface area contributed by atoms with Crippen LogP contribution in [0.15, 0.2) is 54.0 Å². The Balaban J connectivity index is 1.54. The number of nitrogens with zero attached hydrogens (tertiary/aromatic N) is 2. The van der Waals surface area contributed by atoms with Gasteiger partial charge in [-0.1, -0.05) is 24.3 Å².